The third-order valence-corrected chi connectivity index (χ3v) is 4.30. The van der Waals surface area contributed by atoms with E-state index in [9.17, 15) is 4.79 Å². The van der Waals surface area contributed by atoms with Crippen LogP contribution in [0.3, 0.4) is 0 Å². The van der Waals surface area contributed by atoms with Crippen LogP contribution in [0.15, 0.2) is 35.5 Å². The molecule has 0 aliphatic carbocycles. The van der Waals surface area contributed by atoms with Crippen LogP contribution in [-0.2, 0) is 4.79 Å². The van der Waals surface area contributed by atoms with Crippen LogP contribution in [0.2, 0.25) is 5.02 Å². The van der Waals surface area contributed by atoms with Gasteiger partial charge in [-0.05, 0) is 31.0 Å². The zero-order valence-electron chi connectivity index (χ0n) is 13.0. The number of nitrogens with zero attached hydrogens (tertiary/aromatic N) is 2. The molecule has 0 bridgehead atoms. The second-order valence-electron chi connectivity index (χ2n) is 5.09. The van der Waals surface area contributed by atoms with Crippen molar-refractivity contribution in [2.24, 2.45) is 0 Å². The van der Waals surface area contributed by atoms with E-state index in [4.69, 9.17) is 17.3 Å². The van der Waals surface area contributed by atoms with Gasteiger partial charge in [-0.1, -0.05) is 42.4 Å². The summed E-state index contributed by atoms with van der Waals surface area (Å²) in [5.74, 6) is 0.584. The normalized spacial score (nSPS) is 12.0. The third-order valence-electron chi connectivity index (χ3n) is 3.20. The highest BCUT2D eigenvalue weighted by molar-refractivity contribution is 7.99. The van der Waals surface area contributed by atoms with E-state index < -0.39 is 0 Å². The maximum absolute atomic E-state index is 12.2. The maximum atomic E-state index is 12.2. The summed E-state index contributed by atoms with van der Waals surface area (Å²) in [6, 6.07) is 9.15. The zero-order valence-corrected chi connectivity index (χ0v) is 14.6. The Morgan fingerprint density at radius 1 is 1.35 bits per heavy atom. The van der Waals surface area contributed by atoms with Crippen molar-refractivity contribution < 1.29 is 4.79 Å². The summed E-state index contributed by atoms with van der Waals surface area (Å²) in [7, 11) is 0. The Bertz CT molecular complexity index is 658. The number of aryl methyl sites for hydroxylation is 1. The van der Waals surface area contributed by atoms with Crippen LogP contribution in [0.4, 0.5) is 5.82 Å². The molecule has 7 heteroatoms. The number of benzene rings is 1. The molecular formula is C16H19ClN4OS. The number of hydrogen-bond acceptors (Lipinski definition) is 5. The molecule has 1 aromatic carbocycles. The van der Waals surface area contributed by atoms with Gasteiger partial charge in [-0.3, -0.25) is 4.79 Å². The van der Waals surface area contributed by atoms with Crippen LogP contribution >= 0.6 is 23.4 Å². The number of nitrogens with two attached hydrogens (primary N) is 1. The first-order valence-corrected chi connectivity index (χ1v) is 8.63. The van der Waals surface area contributed by atoms with E-state index in [1.54, 1.807) is 6.07 Å². The zero-order chi connectivity index (χ0) is 16.8. The molecule has 23 heavy (non-hydrogen) atoms. The Hall–Kier alpha value is -1.79. The summed E-state index contributed by atoms with van der Waals surface area (Å²) in [5, 5.41) is 4.20. The van der Waals surface area contributed by atoms with Gasteiger partial charge in [0.25, 0.3) is 0 Å². The molecule has 1 heterocycles. The summed E-state index contributed by atoms with van der Waals surface area (Å²) < 4.78 is 0. The van der Waals surface area contributed by atoms with Crippen molar-refractivity contribution >= 4 is 35.1 Å². The van der Waals surface area contributed by atoms with Crippen LogP contribution in [-0.4, -0.2) is 21.6 Å². The van der Waals surface area contributed by atoms with Crippen LogP contribution in [0.25, 0.3) is 0 Å². The minimum Gasteiger partial charge on any atom is -0.384 e. The highest BCUT2D eigenvalue weighted by Crippen LogP contribution is 2.20. The van der Waals surface area contributed by atoms with Crippen molar-refractivity contribution in [3.63, 3.8) is 0 Å². The molecule has 5 nitrogen and oxygen atoms in total. The standard InChI is InChI=1S/C16H19ClN4OS/c1-3-13(11-4-6-12(17)7-5-11)20-15(22)9-23-16-19-10(2)8-14(18)21-16/h4-8,13H,3,9H2,1-2H3,(H,20,22)(H2,18,19,21)/t13-/m0/s1. The van der Waals surface area contributed by atoms with Crippen molar-refractivity contribution in [1.82, 2.24) is 15.3 Å². The third kappa shape index (κ3) is 5.41. The molecule has 3 N–H and O–H groups in total. The molecule has 2 aromatic rings. The molecule has 1 atom stereocenters. The van der Waals surface area contributed by atoms with Crippen LogP contribution in [0.1, 0.15) is 30.6 Å². The number of thioether (sulfide) groups is 1. The van der Waals surface area contributed by atoms with E-state index in [-0.39, 0.29) is 17.7 Å². The molecule has 0 unspecified atom stereocenters. The average molecular weight is 351 g/mol. The van der Waals surface area contributed by atoms with Gasteiger partial charge in [0.05, 0.1) is 11.8 Å². The van der Waals surface area contributed by atoms with E-state index in [1.165, 1.54) is 11.8 Å². The van der Waals surface area contributed by atoms with Crippen molar-refractivity contribution in [3.8, 4) is 0 Å². The van der Waals surface area contributed by atoms with Crippen molar-refractivity contribution in [1.29, 1.82) is 0 Å². The Morgan fingerprint density at radius 3 is 2.65 bits per heavy atom. The van der Waals surface area contributed by atoms with Crippen LogP contribution in [0.5, 0.6) is 0 Å². The molecule has 0 saturated carbocycles. The number of carbonyl (C=O) groups is 1. The average Bonchev–Trinajstić information content (AvgIpc) is 2.51. The van der Waals surface area contributed by atoms with E-state index in [0.29, 0.717) is 16.0 Å². The summed E-state index contributed by atoms with van der Waals surface area (Å²) in [5.41, 5.74) is 7.50. The minimum atomic E-state index is -0.0690. The number of carbonyl (C=O) groups excluding carboxylic acids is 1. The number of amides is 1. The van der Waals surface area contributed by atoms with E-state index in [0.717, 1.165) is 17.7 Å². The first kappa shape index (κ1) is 17.6. The number of halogens is 1. The molecule has 2 rings (SSSR count). The first-order valence-electron chi connectivity index (χ1n) is 7.26. The second-order valence-corrected chi connectivity index (χ2v) is 6.46. The highest BCUT2D eigenvalue weighted by Gasteiger charge is 2.13. The number of rotatable bonds is 6. The van der Waals surface area contributed by atoms with Gasteiger partial charge < -0.3 is 11.1 Å². The predicted molar refractivity (Wildman–Crippen MR) is 94.5 cm³/mol. The summed E-state index contributed by atoms with van der Waals surface area (Å²) in [6.07, 6.45) is 0.798. The number of nitrogens with one attached hydrogen (secondary N) is 1. The number of anilines is 1. The fourth-order valence-corrected chi connectivity index (χ4v) is 2.96. The largest absolute Gasteiger partial charge is 0.384 e. The van der Waals surface area contributed by atoms with Gasteiger partial charge in [-0.2, -0.15) is 0 Å². The number of aromatic nitrogens is 2. The number of hydrogen-bond donors (Lipinski definition) is 2. The van der Waals surface area contributed by atoms with Gasteiger partial charge in [0.1, 0.15) is 5.82 Å². The second kappa shape index (κ2) is 8.17. The van der Waals surface area contributed by atoms with Gasteiger partial charge in [0.2, 0.25) is 5.91 Å². The van der Waals surface area contributed by atoms with Crippen molar-refractivity contribution in [2.45, 2.75) is 31.5 Å². The lowest BCUT2D eigenvalue weighted by atomic mass is 10.0. The van der Waals surface area contributed by atoms with Crippen LogP contribution in [0, 0.1) is 6.92 Å². The molecule has 1 aromatic heterocycles. The fraction of sp³-hybridized carbons (Fsp3) is 0.312. The van der Waals surface area contributed by atoms with Crippen LogP contribution < -0.4 is 11.1 Å². The Labute approximate surface area is 145 Å². The lowest BCUT2D eigenvalue weighted by Gasteiger charge is -2.17. The highest BCUT2D eigenvalue weighted by atomic mass is 35.5. The summed E-state index contributed by atoms with van der Waals surface area (Å²) >= 11 is 7.17. The Balaban J connectivity index is 1.93. The molecule has 0 fully saturated rings. The predicted octanol–water partition coefficient (Wildman–Crippen LogP) is 3.38. The van der Waals surface area contributed by atoms with Gasteiger partial charge >= 0.3 is 0 Å². The maximum Gasteiger partial charge on any atom is 0.230 e. The molecule has 0 saturated heterocycles. The van der Waals surface area contributed by atoms with E-state index in [2.05, 4.69) is 15.3 Å². The van der Waals surface area contributed by atoms with Gasteiger partial charge in [-0.25, -0.2) is 9.97 Å². The van der Waals surface area contributed by atoms with Crippen molar-refractivity contribution in [3.05, 3.63) is 46.6 Å². The first-order chi connectivity index (χ1) is 11.0. The molecule has 0 radical (unpaired) electrons. The van der Waals surface area contributed by atoms with E-state index >= 15 is 0 Å². The van der Waals surface area contributed by atoms with Gasteiger partial charge in [-0.15, -0.1) is 0 Å². The van der Waals surface area contributed by atoms with Crippen molar-refractivity contribution in [2.75, 3.05) is 11.5 Å². The summed E-state index contributed by atoms with van der Waals surface area (Å²) in [6.45, 7) is 3.87. The monoisotopic (exact) mass is 350 g/mol. The minimum absolute atomic E-state index is 0.0381. The lowest BCUT2D eigenvalue weighted by molar-refractivity contribution is -0.119. The molecule has 0 aliphatic rings. The van der Waals surface area contributed by atoms with E-state index in [1.807, 2.05) is 38.1 Å². The molecule has 122 valence electrons. The molecular weight excluding hydrogens is 332 g/mol. The number of nitrogen functional groups attached to an aromatic ring is 1. The van der Waals surface area contributed by atoms with Gasteiger partial charge in [0, 0.05) is 16.8 Å². The SMILES string of the molecule is CC[C@H](NC(=O)CSc1nc(C)cc(N)n1)c1ccc(Cl)cc1. The summed E-state index contributed by atoms with van der Waals surface area (Å²) in [4.78, 5) is 20.5. The smallest absolute Gasteiger partial charge is 0.230 e. The quantitative estimate of drug-likeness (QED) is 0.616. The molecule has 0 aliphatic heterocycles. The topological polar surface area (TPSA) is 80.9 Å². The lowest BCUT2D eigenvalue weighted by Crippen LogP contribution is -2.29. The van der Waals surface area contributed by atoms with Gasteiger partial charge in [0.15, 0.2) is 5.16 Å². The fourth-order valence-electron chi connectivity index (χ4n) is 2.11. The Morgan fingerprint density at radius 2 is 2.04 bits per heavy atom. The molecule has 0 spiro atoms. The Kier molecular flexibility index (Phi) is 6.24. The molecule has 1 amide bonds.